The molecule has 0 unspecified atom stereocenters. The highest BCUT2D eigenvalue weighted by atomic mass is 79.9. The molecule has 0 radical (unpaired) electrons. The molecule has 0 aromatic heterocycles. The van der Waals surface area contributed by atoms with Crippen molar-refractivity contribution in [1.29, 1.82) is 0 Å². The second kappa shape index (κ2) is 6.28. The summed E-state index contributed by atoms with van der Waals surface area (Å²) in [7, 11) is -3.89. The van der Waals surface area contributed by atoms with E-state index in [0.717, 1.165) is 0 Å². The molecular weight excluding hydrogens is 394 g/mol. The number of aryl methyl sites for hydroxylation is 1. The smallest absolute Gasteiger partial charge is 0.335 e. The molecule has 2 aromatic carbocycles. The second-order valence-electron chi connectivity index (χ2n) is 4.52. The molecule has 0 atom stereocenters. The summed E-state index contributed by atoms with van der Waals surface area (Å²) in [5, 5.41) is 9.28. The van der Waals surface area contributed by atoms with E-state index in [1.165, 1.54) is 24.3 Å². The van der Waals surface area contributed by atoms with Crippen LogP contribution in [0.3, 0.4) is 0 Å². The summed E-state index contributed by atoms with van der Waals surface area (Å²) in [4.78, 5) is 11.0. The Morgan fingerprint density at radius 2 is 1.91 bits per heavy atom. The van der Waals surface area contributed by atoms with Gasteiger partial charge in [0.15, 0.2) is 0 Å². The third-order valence-electron chi connectivity index (χ3n) is 2.90. The summed E-state index contributed by atoms with van der Waals surface area (Å²) < 4.78 is 27.7. The summed E-state index contributed by atoms with van der Waals surface area (Å²) in [6.45, 7) is 1.65. The maximum absolute atomic E-state index is 12.5. The Morgan fingerprint density at radius 3 is 2.55 bits per heavy atom. The van der Waals surface area contributed by atoms with Gasteiger partial charge in [-0.2, -0.15) is 0 Å². The lowest BCUT2D eigenvalue weighted by molar-refractivity contribution is 0.0697. The van der Waals surface area contributed by atoms with Crippen molar-refractivity contribution >= 4 is 49.2 Å². The molecule has 2 rings (SSSR count). The average molecular weight is 405 g/mol. The number of rotatable bonds is 4. The monoisotopic (exact) mass is 403 g/mol. The Hall–Kier alpha value is -1.57. The Morgan fingerprint density at radius 1 is 1.23 bits per heavy atom. The van der Waals surface area contributed by atoms with Crippen LogP contribution in [-0.4, -0.2) is 19.5 Å². The zero-order valence-electron chi connectivity index (χ0n) is 11.3. The van der Waals surface area contributed by atoms with Gasteiger partial charge in [-0.3, -0.25) is 4.72 Å². The van der Waals surface area contributed by atoms with Gasteiger partial charge in [0.1, 0.15) is 0 Å². The predicted molar refractivity (Wildman–Crippen MR) is 88.1 cm³/mol. The molecule has 5 nitrogen and oxygen atoms in total. The van der Waals surface area contributed by atoms with Crippen LogP contribution in [0.4, 0.5) is 5.69 Å². The maximum atomic E-state index is 12.5. The summed E-state index contributed by atoms with van der Waals surface area (Å²) in [5.41, 5.74) is 0.644. The van der Waals surface area contributed by atoms with Crippen LogP contribution < -0.4 is 4.72 Å². The summed E-state index contributed by atoms with van der Waals surface area (Å²) in [6.07, 6.45) is 0. The van der Waals surface area contributed by atoms with Gasteiger partial charge in [0, 0.05) is 9.50 Å². The van der Waals surface area contributed by atoms with Gasteiger partial charge in [0.05, 0.1) is 16.1 Å². The van der Waals surface area contributed by atoms with E-state index in [4.69, 9.17) is 16.7 Å². The van der Waals surface area contributed by atoms with Crippen LogP contribution in [0.15, 0.2) is 45.8 Å². The molecule has 0 aliphatic heterocycles. The molecule has 2 N–H and O–H groups in total. The number of aromatic carboxylic acids is 1. The number of hydrogen-bond acceptors (Lipinski definition) is 3. The van der Waals surface area contributed by atoms with Crippen molar-refractivity contribution in [2.24, 2.45) is 0 Å². The highest BCUT2D eigenvalue weighted by molar-refractivity contribution is 9.10. The number of carbonyl (C=O) groups is 1. The van der Waals surface area contributed by atoms with Gasteiger partial charge in [0.2, 0.25) is 0 Å². The van der Waals surface area contributed by atoms with E-state index >= 15 is 0 Å². The van der Waals surface area contributed by atoms with Crippen LogP contribution in [0.2, 0.25) is 5.02 Å². The van der Waals surface area contributed by atoms with Crippen molar-refractivity contribution in [3.63, 3.8) is 0 Å². The molecule has 0 amide bonds. The number of halogens is 2. The maximum Gasteiger partial charge on any atom is 0.335 e. The van der Waals surface area contributed by atoms with E-state index in [9.17, 15) is 13.2 Å². The fourth-order valence-electron chi connectivity index (χ4n) is 1.80. The third kappa shape index (κ3) is 3.60. The molecule has 0 saturated carbocycles. The van der Waals surface area contributed by atoms with Gasteiger partial charge in [-0.05, 0) is 58.7 Å². The van der Waals surface area contributed by atoms with Crippen LogP contribution in [-0.2, 0) is 10.0 Å². The zero-order chi connectivity index (χ0) is 16.5. The molecule has 0 aliphatic carbocycles. The standard InChI is InChI=1S/C14H11BrClNO4S/c1-8-2-4-10(16)7-13(8)22(20,21)17-12-6-9(14(18)19)3-5-11(12)15/h2-7,17H,1H3,(H,18,19). The first-order valence-electron chi connectivity index (χ1n) is 6.02. The Kier molecular flexibility index (Phi) is 4.79. The van der Waals surface area contributed by atoms with Crippen molar-refractivity contribution in [2.45, 2.75) is 11.8 Å². The quantitative estimate of drug-likeness (QED) is 0.809. The summed E-state index contributed by atoms with van der Waals surface area (Å²) >= 11 is 9.04. The fraction of sp³-hybridized carbons (Fsp3) is 0.0714. The molecule has 8 heteroatoms. The Balaban J connectivity index is 2.47. The number of hydrogen-bond donors (Lipinski definition) is 2. The van der Waals surface area contributed by atoms with Crippen LogP contribution in [0.25, 0.3) is 0 Å². The fourth-order valence-corrected chi connectivity index (χ4v) is 3.86. The van der Waals surface area contributed by atoms with Gasteiger partial charge in [-0.1, -0.05) is 17.7 Å². The van der Waals surface area contributed by atoms with Gasteiger partial charge < -0.3 is 5.11 Å². The van der Waals surface area contributed by atoms with E-state index in [-0.39, 0.29) is 16.1 Å². The molecule has 0 aliphatic rings. The van der Waals surface area contributed by atoms with Crippen LogP contribution in [0.5, 0.6) is 0 Å². The van der Waals surface area contributed by atoms with E-state index in [1.54, 1.807) is 19.1 Å². The second-order valence-corrected chi connectivity index (χ2v) is 7.46. The molecule has 0 heterocycles. The number of anilines is 1. The van der Waals surface area contributed by atoms with Crippen LogP contribution in [0.1, 0.15) is 15.9 Å². The lowest BCUT2D eigenvalue weighted by Crippen LogP contribution is -2.15. The van der Waals surface area contributed by atoms with Gasteiger partial charge in [-0.15, -0.1) is 0 Å². The number of carboxylic acid groups (broad SMARTS) is 1. The van der Waals surface area contributed by atoms with Gasteiger partial charge in [-0.25, -0.2) is 13.2 Å². The minimum absolute atomic E-state index is 0.0243. The number of benzene rings is 2. The molecule has 2 aromatic rings. The lowest BCUT2D eigenvalue weighted by atomic mass is 10.2. The van der Waals surface area contributed by atoms with Gasteiger partial charge in [0.25, 0.3) is 10.0 Å². The van der Waals surface area contributed by atoms with Crippen LogP contribution >= 0.6 is 27.5 Å². The van der Waals surface area contributed by atoms with E-state index in [1.807, 2.05) is 0 Å². The largest absolute Gasteiger partial charge is 0.478 e. The van der Waals surface area contributed by atoms with Crippen molar-refractivity contribution in [3.05, 3.63) is 57.0 Å². The normalized spacial score (nSPS) is 11.2. The van der Waals surface area contributed by atoms with Crippen LogP contribution in [0, 0.1) is 6.92 Å². The third-order valence-corrected chi connectivity index (χ3v) is 5.33. The number of sulfonamides is 1. The van der Waals surface area contributed by atoms with Gasteiger partial charge >= 0.3 is 5.97 Å². The lowest BCUT2D eigenvalue weighted by Gasteiger charge is -2.12. The van der Waals surface area contributed by atoms with E-state index in [2.05, 4.69) is 20.7 Å². The molecule has 0 bridgehead atoms. The number of nitrogens with one attached hydrogen (secondary N) is 1. The topological polar surface area (TPSA) is 83.5 Å². The first-order chi connectivity index (χ1) is 10.2. The van der Waals surface area contributed by atoms with E-state index < -0.39 is 16.0 Å². The predicted octanol–water partition coefficient (Wildman–Crippen LogP) is 3.91. The van der Waals surface area contributed by atoms with Crippen molar-refractivity contribution in [2.75, 3.05) is 4.72 Å². The van der Waals surface area contributed by atoms with Crippen molar-refractivity contribution < 1.29 is 18.3 Å². The average Bonchev–Trinajstić information content (AvgIpc) is 2.43. The summed E-state index contributed by atoms with van der Waals surface area (Å²) in [6, 6.07) is 8.61. The zero-order valence-corrected chi connectivity index (χ0v) is 14.5. The molecule has 0 fully saturated rings. The minimum Gasteiger partial charge on any atom is -0.478 e. The highest BCUT2D eigenvalue weighted by Crippen LogP contribution is 2.28. The molecular formula is C14H11BrClNO4S. The molecule has 22 heavy (non-hydrogen) atoms. The molecule has 0 spiro atoms. The summed E-state index contributed by atoms with van der Waals surface area (Å²) in [5.74, 6) is -1.15. The first-order valence-corrected chi connectivity index (χ1v) is 8.68. The molecule has 116 valence electrons. The van der Waals surface area contributed by atoms with Crippen molar-refractivity contribution in [1.82, 2.24) is 0 Å². The first kappa shape index (κ1) is 16.8. The molecule has 0 saturated heterocycles. The number of carboxylic acids is 1. The Labute approximate surface area is 141 Å². The Bertz CT molecular complexity index is 852. The van der Waals surface area contributed by atoms with E-state index in [0.29, 0.717) is 15.1 Å². The minimum atomic E-state index is -3.89. The SMILES string of the molecule is Cc1ccc(Cl)cc1S(=O)(=O)Nc1cc(C(=O)O)ccc1Br. The highest BCUT2D eigenvalue weighted by Gasteiger charge is 2.19. The van der Waals surface area contributed by atoms with Crippen molar-refractivity contribution in [3.8, 4) is 0 Å².